The Morgan fingerprint density at radius 2 is 1.58 bits per heavy atom. The van der Waals surface area contributed by atoms with Crippen molar-refractivity contribution in [2.24, 2.45) is 0 Å². The van der Waals surface area contributed by atoms with E-state index < -0.39 is 0 Å². The Hall–Kier alpha value is -2.09. The number of hydrogen-bond acceptors (Lipinski definition) is 1. The van der Waals surface area contributed by atoms with Gasteiger partial charge < -0.3 is 0 Å². The third kappa shape index (κ3) is 4.00. The molecule has 1 atom stereocenters. The van der Waals surface area contributed by atoms with Gasteiger partial charge in [-0.15, -0.1) is 0 Å². The molecule has 26 heavy (non-hydrogen) atoms. The summed E-state index contributed by atoms with van der Waals surface area (Å²) in [5, 5.41) is 0.807. The maximum absolute atomic E-state index is 6.32. The smallest absolute Gasteiger partial charge is 0.0484 e. The summed E-state index contributed by atoms with van der Waals surface area (Å²) in [4.78, 5) is 2.59. The topological polar surface area (TPSA) is 3.24 Å². The van der Waals surface area contributed by atoms with Crippen molar-refractivity contribution in [1.29, 1.82) is 0 Å². The molecule has 0 amide bonds. The average Bonchev–Trinajstić information content (AvgIpc) is 2.70. The molecule has 0 aromatic heterocycles. The van der Waals surface area contributed by atoms with Crippen LogP contribution in [0.3, 0.4) is 0 Å². The minimum Gasteiger partial charge on any atom is -0.298 e. The van der Waals surface area contributed by atoms with Crippen molar-refractivity contribution < 1.29 is 0 Å². The van der Waals surface area contributed by atoms with E-state index in [1.54, 1.807) is 0 Å². The fourth-order valence-corrected chi connectivity index (χ4v) is 4.18. The van der Waals surface area contributed by atoms with Crippen LogP contribution in [-0.4, -0.2) is 18.0 Å². The fourth-order valence-electron chi connectivity index (χ4n) is 3.94. The van der Waals surface area contributed by atoms with Crippen molar-refractivity contribution in [3.05, 3.63) is 95.0 Å². The van der Waals surface area contributed by atoms with E-state index in [-0.39, 0.29) is 0 Å². The molecule has 3 aromatic rings. The molecular weight excluding hydrogens is 338 g/mol. The highest BCUT2D eigenvalue weighted by molar-refractivity contribution is 6.33. The summed E-state index contributed by atoms with van der Waals surface area (Å²) >= 11 is 6.32. The van der Waals surface area contributed by atoms with Gasteiger partial charge in [0, 0.05) is 23.7 Å². The molecule has 4 rings (SSSR count). The largest absolute Gasteiger partial charge is 0.298 e. The quantitative estimate of drug-likeness (QED) is 0.520. The molecule has 2 heteroatoms. The van der Waals surface area contributed by atoms with E-state index in [4.69, 9.17) is 11.6 Å². The Bertz CT molecular complexity index is 842. The predicted molar refractivity (Wildman–Crippen MR) is 111 cm³/mol. The lowest BCUT2D eigenvalue weighted by Gasteiger charge is -2.33. The minimum atomic E-state index is 0.660. The maximum Gasteiger partial charge on any atom is 0.0484 e. The van der Waals surface area contributed by atoms with Crippen molar-refractivity contribution in [2.45, 2.75) is 25.3 Å². The second-order valence-corrected chi connectivity index (χ2v) is 7.57. The number of rotatable bonds is 4. The van der Waals surface area contributed by atoms with Crippen LogP contribution in [0.15, 0.2) is 78.9 Å². The Morgan fingerprint density at radius 3 is 2.35 bits per heavy atom. The van der Waals surface area contributed by atoms with Crippen molar-refractivity contribution in [2.75, 3.05) is 13.1 Å². The Morgan fingerprint density at radius 1 is 0.846 bits per heavy atom. The molecule has 1 heterocycles. The van der Waals surface area contributed by atoms with Gasteiger partial charge in [-0.05, 0) is 48.1 Å². The molecule has 0 N–H and O–H groups in total. The first-order valence-electron chi connectivity index (χ1n) is 9.41. The van der Waals surface area contributed by atoms with E-state index in [0.717, 1.165) is 23.7 Å². The Kier molecular flexibility index (Phi) is 5.38. The molecule has 1 unspecified atom stereocenters. The number of nitrogens with zero attached hydrogens (tertiary/aromatic N) is 1. The van der Waals surface area contributed by atoms with Gasteiger partial charge in [-0.1, -0.05) is 84.4 Å². The third-order valence-electron chi connectivity index (χ3n) is 5.32. The van der Waals surface area contributed by atoms with Crippen molar-refractivity contribution in [3.8, 4) is 11.1 Å². The summed E-state index contributed by atoms with van der Waals surface area (Å²) in [5.74, 6) is 0.660. The van der Waals surface area contributed by atoms with Crippen LogP contribution in [0.5, 0.6) is 0 Å². The average molecular weight is 362 g/mol. The van der Waals surface area contributed by atoms with Crippen molar-refractivity contribution >= 4 is 11.6 Å². The monoisotopic (exact) mass is 361 g/mol. The highest BCUT2D eigenvalue weighted by atomic mass is 35.5. The standard InChI is InChI=1S/C24H24ClN/c25-24-11-5-4-10-23(24)21-14-12-19(13-15-21)17-26-16-6-9-22(18-26)20-7-2-1-3-8-20/h1-5,7-8,10-15,22H,6,9,16-18H2. The second-order valence-electron chi connectivity index (χ2n) is 7.16. The molecule has 0 bridgehead atoms. The highest BCUT2D eigenvalue weighted by Crippen LogP contribution is 2.29. The first-order chi connectivity index (χ1) is 12.8. The number of benzene rings is 3. The molecule has 0 radical (unpaired) electrons. The number of halogens is 1. The first kappa shape index (κ1) is 17.3. The zero-order chi connectivity index (χ0) is 17.8. The molecule has 0 spiro atoms. The van der Waals surface area contributed by atoms with Crippen LogP contribution in [0.1, 0.15) is 29.9 Å². The lowest BCUT2D eigenvalue weighted by atomic mass is 9.90. The summed E-state index contributed by atoms with van der Waals surface area (Å²) in [6.07, 6.45) is 2.57. The summed E-state index contributed by atoms with van der Waals surface area (Å²) in [5.41, 5.74) is 5.13. The van der Waals surface area contributed by atoms with Gasteiger partial charge in [0.2, 0.25) is 0 Å². The van der Waals surface area contributed by atoms with Gasteiger partial charge >= 0.3 is 0 Å². The summed E-state index contributed by atoms with van der Waals surface area (Å²) < 4.78 is 0. The SMILES string of the molecule is Clc1ccccc1-c1ccc(CN2CCCC(c3ccccc3)C2)cc1. The van der Waals surface area contributed by atoms with Crippen LogP contribution < -0.4 is 0 Å². The molecule has 1 fully saturated rings. The van der Waals surface area contributed by atoms with Crippen LogP contribution in [0.4, 0.5) is 0 Å². The third-order valence-corrected chi connectivity index (χ3v) is 5.65. The van der Waals surface area contributed by atoms with E-state index in [1.807, 2.05) is 18.2 Å². The summed E-state index contributed by atoms with van der Waals surface area (Å²) in [6, 6.07) is 27.8. The number of likely N-dealkylation sites (tertiary alicyclic amines) is 1. The van der Waals surface area contributed by atoms with Crippen LogP contribution in [0, 0.1) is 0 Å². The van der Waals surface area contributed by atoms with Crippen LogP contribution in [0.2, 0.25) is 5.02 Å². The predicted octanol–water partition coefficient (Wildman–Crippen LogP) is 6.39. The van der Waals surface area contributed by atoms with Crippen molar-refractivity contribution in [1.82, 2.24) is 4.90 Å². The fraction of sp³-hybridized carbons (Fsp3) is 0.250. The lowest BCUT2D eigenvalue weighted by molar-refractivity contribution is 0.200. The van der Waals surface area contributed by atoms with E-state index in [9.17, 15) is 0 Å². The molecule has 0 saturated carbocycles. The summed E-state index contributed by atoms with van der Waals surface area (Å²) in [7, 11) is 0. The van der Waals surface area contributed by atoms with Crippen LogP contribution in [-0.2, 0) is 6.54 Å². The van der Waals surface area contributed by atoms with Gasteiger partial charge in [-0.25, -0.2) is 0 Å². The highest BCUT2D eigenvalue weighted by Gasteiger charge is 2.21. The maximum atomic E-state index is 6.32. The van der Waals surface area contributed by atoms with E-state index >= 15 is 0 Å². The molecule has 0 aliphatic carbocycles. The zero-order valence-electron chi connectivity index (χ0n) is 14.9. The van der Waals surface area contributed by atoms with Gasteiger partial charge in [-0.3, -0.25) is 4.90 Å². The lowest BCUT2D eigenvalue weighted by Crippen LogP contribution is -2.33. The second kappa shape index (κ2) is 8.07. The Labute approximate surface area is 161 Å². The van der Waals surface area contributed by atoms with Gasteiger partial charge in [0.05, 0.1) is 0 Å². The number of piperidine rings is 1. The molecule has 3 aromatic carbocycles. The minimum absolute atomic E-state index is 0.660. The van der Waals surface area contributed by atoms with E-state index in [0.29, 0.717) is 5.92 Å². The van der Waals surface area contributed by atoms with Gasteiger partial charge in [0.15, 0.2) is 0 Å². The zero-order valence-corrected chi connectivity index (χ0v) is 15.7. The van der Waals surface area contributed by atoms with Gasteiger partial charge in [0.25, 0.3) is 0 Å². The molecular formula is C24H24ClN. The van der Waals surface area contributed by atoms with Gasteiger partial charge in [0.1, 0.15) is 0 Å². The summed E-state index contributed by atoms with van der Waals surface area (Å²) in [6.45, 7) is 3.36. The molecule has 132 valence electrons. The van der Waals surface area contributed by atoms with Crippen LogP contribution in [0.25, 0.3) is 11.1 Å². The molecule has 1 saturated heterocycles. The molecule has 1 aliphatic rings. The first-order valence-corrected chi connectivity index (χ1v) is 9.78. The van der Waals surface area contributed by atoms with Crippen LogP contribution >= 0.6 is 11.6 Å². The number of hydrogen-bond donors (Lipinski definition) is 0. The Balaban J connectivity index is 1.43. The normalized spacial score (nSPS) is 18.0. The van der Waals surface area contributed by atoms with Crippen molar-refractivity contribution in [3.63, 3.8) is 0 Å². The molecule has 1 aliphatic heterocycles. The van der Waals surface area contributed by atoms with E-state index in [1.165, 1.54) is 36.1 Å². The van der Waals surface area contributed by atoms with Gasteiger partial charge in [-0.2, -0.15) is 0 Å². The molecule has 1 nitrogen and oxygen atoms in total. The van der Waals surface area contributed by atoms with E-state index in [2.05, 4.69) is 65.6 Å².